The van der Waals surface area contributed by atoms with Crippen LogP contribution in [0.4, 0.5) is 0 Å². The van der Waals surface area contributed by atoms with Gasteiger partial charge in [-0.3, -0.25) is 0 Å². The van der Waals surface area contributed by atoms with Crippen LogP contribution in [0, 0.1) is 0 Å². The van der Waals surface area contributed by atoms with Crippen LogP contribution in [0.25, 0.3) is 0 Å². The highest BCUT2D eigenvalue weighted by atomic mass is 16.7. The predicted molar refractivity (Wildman–Crippen MR) is 59.8 cm³/mol. The molecule has 0 aromatic carbocycles. The number of methoxy groups -OCH3 is 1. The zero-order valence-corrected chi connectivity index (χ0v) is 9.61. The van der Waals surface area contributed by atoms with E-state index in [1.54, 1.807) is 7.11 Å². The average molecular weight is 214 g/mol. The molecule has 1 rings (SSSR count). The lowest BCUT2D eigenvalue weighted by Gasteiger charge is -2.22. The van der Waals surface area contributed by atoms with Gasteiger partial charge in [0, 0.05) is 20.3 Å². The molecule has 88 valence electrons. The molecule has 1 fully saturated rings. The lowest BCUT2D eigenvalue weighted by Crippen LogP contribution is -2.23. The van der Waals surface area contributed by atoms with Gasteiger partial charge in [-0.15, -0.1) is 6.58 Å². The van der Waals surface area contributed by atoms with Crippen molar-refractivity contribution >= 4 is 0 Å². The maximum absolute atomic E-state index is 5.61. The van der Waals surface area contributed by atoms with Crippen LogP contribution in [0.3, 0.4) is 0 Å². The summed E-state index contributed by atoms with van der Waals surface area (Å²) in [5.41, 5.74) is 0. The quantitative estimate of drug-likeness (QED) is 0.481. The second-order valence-electron chi connectivity index (χ2n) is 3.82. The summed E-state index contributed by atoms with van der Waals surface area (Å²) in [5.74, 6) is 0. The Hall–Kier alpha value is -0.380. The maximum Gasteiger partial charge on any atom is 0.157 e. The third-order valence-electron chi connectivity index (χ3n) is 2.64. The predicted octanol–water partition coefficient (Wildman–Crippen LogP) is 2.51. The van der Waals surface area contributed by atoms with Gasteiger partial charge >= 0.3 is 0 Å². The minimum atomic E-state index is 0.0310. The van der Waals surface area contributed by atoms with Gasteiger partial charge in [-0.1, -0.05) is 6.08 Å². The van der Waals surface area contributed by atoms with Crippen LogP contribution in [0.15, 0.2) is 12.7 Å². The Kier molecular flexibility index (Phi) is 6.64. The molecule has 2 atom stereocenters. The van der Waals surface area contributed by atoms with Crippen LogP contribution < -0.4 is 0 Å². The van der Waals surface area contributed by atoms with E-state index < -0.39 is 0 Å². The van der Waals surface area contributed by atoms with Gasteiger partial charge in [-0.2, -0.15) is 0 Å². The van der Waals surface area contributed by atoms with Crippen LogP contribution in [0.2, 0.25) is 0 Å². The van der Waals surface area contributed by atoms with Crippen molar-refractivity contribution in [1.29, 1.82) is 0 Å². The molecule has 2 unspecified atom stereocenters. The van der Waals surface area contributed by atoms with Crippen molar-refractivity contribution < 1.29 is 14.2 Å². The van der Waals surface area contributed by atoms with E-state index in [1.165, 1.54) is 12.8 Å². The molecular formula is C12H22O3. The molecule has 0 N–H and O–H groups in total. The second kappa shape index (κ2) is 7.85. The molecular weight excluding hydrogens is 192 g/mol. The van der Waals surface area contributed by atoms with Crippen molar-refractivity contribution in [3.8, 4) is 0 Å². The van der Waals surface area contributed by atoms with Crippen LogP contribution >= 0.6 is 0 Å². The summed E-state index contributed by atoms with van der Waals surface area (Å²) in [5, 5.41) is 0. The Balaban J connectivity index is 1.97. The second-order valence-corrected chi connectivity index (χ2v) is 3.82. The van der Waals surface area contributed by atoms with Crippen LogP contribution in [0.1, 0.15) is 32.1 Å². The Labute approximate surface area is 92.4 Å². The number of ether oxygens (including phenoxy) is 3. The van der Waals surface area contributed by atoms with E-state index in [9.17, 15) is 0 Å². The summed E-state index contributed by atoms with van der Waals surface area (Å²) in [6.07, 6.45) is 7.40. The van der Waals surface area contributed by atoms with Gasteiger partial charge in [0.05, 0.1) is 6.10 Å². The summed E-state index contributed by atoms with van der Waals surface area (Å²) in [6, 6.07) is 0. The summed E-state index contributed by atoms with van der Waals surface area (Å²) < 4.78 is 16.3. The fourth-order valence-electron chi connectivity index (χ4n) is 1.67. The summed E-state index contributed by atoms with van der Waals surface area (Å²) in [4.78, 5) is 0. The van der Waals surface area contributed by atoms with E-state index in [0.29, 0.717) is 0 Å². The average Bonchev–Trinajstić information content (AvgIpc) is 2.31. The normalized spacial score (nSPS) is 23.7. The minimum absolute atomic E-state index is 0.0310. The monoisotopic (exact) mass is 214 g/mol. The Morgan fingerprint density at radius 1 is 1.53 bits per heavy atom. The minimum Gasteiger partial charge on any atom is -0.377 e. The Bertz CT molecular complexity index is 164. The highest BCUT2D eigenvalue weighted by molar-refractivity contribution is 4.79. The van der Waals surface area contributed by atoms with Crippen LogP contribution in [0.5, 0.6) is 0 Å². The van der Waals surface area contributed by atoms with Crippen molar-refractivity contribution in [1.82, 2.24) is 0 Å². The molecule has 1 aliphatic rings. The molecule has 0 radical (unpaired) electrons. The lowest BCUT2D eigenvalue weighted by atomic mass is 10.2. The fourth-order valence-corrected chi connectivity index (χ4v) is 1.67. The molecule has 1 heterocycles. The first-order valence-electron chi connectivity index (χ1n) is 5.75. The van der Waals surface area contributed by atoms with E-state index in [1.807, 2.05) is 6.08 Å². The first-order valence-corrected chi connectivity index (χ1v) is 5.75. The highest BCUT2D eigenvalue weighted by Crippen LogP contribution is 2.14. The third kappa shape index (κ3) is 5.30. The van der Waals surface area contributed by atoms with Crippen LogP contribution in [-0.2, 0) is 14.2 Å². The molecule has 1 saturated heterocycles. The number of hydrogen-bond acceptors (Lipinski definition) is 3. The molecule has 3 nitrogen and oxygen atoms in total. The molecule has 0 spiro atoms. The smallest absolute Gasteiger partial charge is 0.157 e. The standard InChI is InChI=1S/C12H22O3/c1-3-11(13-2)7-6-10-15-12-8-4-5-9-14-12/h3,11-12H,1,4-10H2,2H3. The van der Waals surface area contributed by atoms with E-state index in [0.717, 1.165) is 32.5 Å². The first kappa shape index (κ1) is 12.7. The van der Waals surface area contributed by atoms with Gasteiger partial charge in [0.25, 0.3) is 0 Å². The Morgan fingerprint density at radius 3 is 3.00 bits per heavy atom. The summed E-state index contributed by atoms with van der Waals surface area (Å²) in [7, 11) is 1.71. The molecule has 3 heteroatoms. The highest BCUT2D eigenvalue weighted by Gasteiger charge is 2.13. The largest absolute Gasteiger partial charge is 0.377 e. The molecule has 0 aromatic heterocycles. The van der Waals surface area contributed by atoms with E-state index in [-0.39, 0.29) is 12.4 Å². The van der Waals surface area contributed by atoms with Gasteiger partial charge in [-0.25, -0.2) is 0 Å². The van der Waals surface area contributed by atoms with Gasteiger partial charge in [0.15, 0.2) is 6.29 Å². The van der Waals surface area contributed by atoms with E-state index >= 15 is 0 Å². The molecule has 0 bridgehead atoms. The van der Waals surface area contributed by atoms with E-state index in [2.05, 4.69) is 6.58 Å². The third-order valence-corrected chi connectivity index (χ3v) is 2.64. The van der Waals surface area contributed by atoms with Crippen molar-refractivity contribution in [2.45, 2.75) is 44.5 Å². The van der Waals surface area contributed by atoms with Crippen molar-refractivity contribution in [3.63, 3.8) is 0 Å². The molecule has 15 heavy (non-hydrogen) atoms. The topological polar surface area (TPSA) is 27.7 Å². The first-order chi connectivity index (χ1) is 7.36. The molecule has 0 amide bonds. The van der Waals surface area contributed by atoms with Gasteiger partial charge < -0.3 is 14.2 Å². The molecule has 0 aliphatic carbocycles. The van der Waals surface area contributed by atoms with Crippen molar-refractivity contribution in [2.24, 2.45) is 0 Å². The Morgan fingerprint density at radius 2 is 2.40 bits per heavy atom. The van der Waals surface area contributed by atoms with Gasteiger partial charge in [-0.05, 0) is 32.1 Å². The number of hydrogen-bond donors (Lipinski definition) is 0. The maximum atomic E-state index is 5.61. The fraction of sp³-hybridized carbons (Fsp3) is 0.833. The molecule has 0 saturated carbocycles. The zero-order chi connectivity index (χ0) is 10.9. The van der Waals surface area contributed by atoms with Crippen molar-refractivity contribution in [3.05, 3.63) is 12.7 Å². The van der Waals surface area contributed by atoms with E-state index in [4.69, 9.17) is 14.2 Å². The molecule has 0 aromatic rings. The molecule has 1 aliphatic heterocycles. The summed E-state index contributed by atoms with van der Waals surface area (Å²) in [6.45, 7) is 5.30. The summed E-state index contributed by atoms with van der Waals surface area (Å²) >= 11 is 0. The number of rotatable bonds is 7. The van der Waals surface area contributed by atoms with Crippen molar-refractivity contribution in [2.75, 3.05) is 20.3 Å². The van der Waals surface area contributed by atoms with Gasteiger partial charge in [0.2, 0.25) is 0 Å². The zero-order valence-electron chi connectivity index (χ0n) is 9.61. The van der Waals surface area contributed by atoms with Crippen LogP contribution in [-0.4, -0.2) is 32.7 Å². The SMILES string of the molecule is C=CC(CCCOC1CCCCO1)OC. The van der Waals surface area contributed by atoms with Gasteiger partial charge in [0.1, 0.15) is 0 Å². The lowest BCUT2D eigenvalue weighted by molar-refractivity contribution is -0.163.